The molecule has 0 unspecified atom stereocenters. The maximum atomic E-state index is 2.34. The molecule has 0 saturated heterocycles. The van der Waals surface area contributed by atoms with E-state index < -0.39 is 0 Å². The van der Waals surface area contributed by atoms with Crippen LogP contribution in [-0.4, -0.2) is 14.6 Å². The van der Waals surface area contributed by atoms with Crippen LogP contribution in [0.2, 0.25) is 25.3 Å². The van der Waals surface area contributed by atoms with Crippen molar-refractivity contribution in [2.75, 3.05) is 0 Å². The van der Waals surface area contributed by atoms with Crippen LogP contribution in [0.4, 0.5) is 0 Å². The highest BCUT2D eigenvalue weighted by Gasteiger charge is 2.06. The van der Waals surface area contributed by atoms with Gasteiger partial charge in [0, 0.05) is 0 Å². The van der Waals surface area contributed by atoms with Gasteiger partial charge >= 0.3 is 0 Å². The molecule has 0 bridgehead atoms. The van der Waals surface area contributed by atoms with Gasteiger partial charge in [0.1, 0.15) is 14.6 Å². The van der Waals surface area contributed by atoms with Gasteiger partial charge in [-0.3, -0.25) is 0 Å². The number of rotatable bonds is 12. The van der Waals surface area contributed by atoms with Crippen LogP contribution in [0.25, 0.3) is 0 Å². The molecular formula is C14H32B2. The predicted octanol–water partition coefficient (Wildman–Crippen LogP) is 4.69. The second-order valence-electron chi connectivity index (χ2n) is 5.30. The van der Waals surface area contributed by atoms with E-state index in [-0.39, 0.29) is 0 Å². The summed E-state index contributed by atoms with van der Waals surface area (Å²) in [6, 6.07) is 0. The first-order chi connectivity index (χ1) is 7.85. The molecule has 0 fully saturated rings. The average Bonchev–Trinajstić information content (AvgIpc) is 2.32. The van der Waals surface area contributed by atoms with Gasteiger partial charge < -0.3 is 0 Å². The highest BCUT2D eigenvalue weighted by molar-refractivity contribution is 6.58. The number of unbranched alkanes of at least 4 members (excludes halogenated alkanes) is 7. The molecule has 0 aliphatic heterocycles. The van der Waals surface area contributed by atoms with Crippen LogP contribution in [0, 0.1) is 0 Å². The smallest absolute Gasteiger partial charge is 0.0811 e. The van der Waals surface area contributed by atoms with Gasteiger partial charge in [0.25, 0.3) is 0 Å². The van der Waals surface area contributed by atoms with Crippen LogP contribution < -0.4 is 0 Å². The Balaban J connectivity index is 3.03. The van der Waals surface area contributed by atoms with Crippen molar-refractivity contribution in [1.29, 1.82) is 0 Å². The topological polar surface area (TPSA) is 0 Å². The normalized spacial score (nSPS) is 10.6. The van der Waals surface area contributed by atoms with E-state index in [9.17, 15) is 0 Å². The molecule has 0 N–H and O–H groups in total. The lowest BCUT2D eigenvalue weighted by molar-refractivity contribution is 0.584. The monoisotopic (exact) mass is 222 g/mol. The predicted molar refractivity (Wildman–Crippen MR) is 81.8 cm³/mol. The summed E-state index contributed by atoms with van der Waals surface area (Å²) >= 11 is 0. The van der Waals surface area contributed by atoms with Gasteiger partial charge in [-0.15, -0.1) is 0 Å². The highest BCUT2D eigenvalue weighted by Crippen LogP contribution is 2.13. The largest absolute Gasteiger partial charge is 0.139 e. The van der Waals surface area contributed by atoms with E-state index in [0.717, 1.165) is 6.71 Å². The fourth-order valence-corrected chi connectivity index (χ4v) is 2.44. The zero-order valence-electron chi connectivity index (χ0n) is 12.1. The fraction of sp³-hybridized carbons (Fsp3) is 1.00. The quantitative estimate of drug-likeness (QED) is 0.331. The Morgan fingerprint density at radius 2 is 1.12 bits per heavy atom. The van der Waals surface area contributed by atoms with Crippen molar-refractivity contribution in [3.8, 4) is 0 Å². The highest BCUT2D eigenvalue weighted by atomic mass is 14.0. The molecule has 0 nitrogen and oxygen atoms in total. The second-order valence-corrected chi connectivity index (χ2v) is 5.30. The maximum absolute atomic E-state index is 2.34. The van der Waals surface area contributed by atoms with Gasteiger partial charge in [-0.2, -0.15) is 0 Å². The third kappa shape index (κ3) is 10.6. The molecule has 0 atom stereocenters. The Kier molecular flexibility index (Phi) is 13.3. The van der Waals surface area contributed by atoms with Crippen LogP contribution >= 0.6 is 0 Å². The lowest BCUT2D eigenvalue weighted by Gasteiger charge is -2.07. The van der Waals surface area contributed by atoms with Gasteiger partial charge in [-0.25, -0.2) is 0 Å². The third-order valence-corrected chi connectivity index (χ3v) is 3.87. The van der Waals surface area contributed by atoms with Crippen LogP contribution in [0.5, 0.6) is 0 Å². The number of hydrogen-bond acceptors (Lipinski definition) is 0. The van der Waals surface area contributed by atoms with Crippen molar-refractivity contribution in [2.45, 2.75) is 90.5 Å². The molecule has 0 amide bonds. The van der Waals surface area contributed by atoms with E-state index in [1.807, 2.05) is 0 Å². The van der Waals surface area contributed by atoms with Gasteiger partial charge in [-0.05, 0) is 0 Å². The van der Waals surface area contributed by atoms with E-state index in [1.165, 1.54) is 76.6 Å². The summed E-state index contributed by atoms with van der Waals surface area (Å²) in [6.07, 6.45) is 17.4. The first-order valence-electron chi connectivity index (χ1n) is 7.85. The van der Waals surface area contributed by atoms with Crippen molar-refractivity contribution in [3.05, 3.63) is 0 Å². The van der Waals surface area contributed by atoms with E-state index >= 15 is 0 Å². The van der Waals surface area contributed by atoms with Crippen LogP contribution in [0.1, 0.15) is 65.2 Å². The van der Waals surface area contributed by atoms with Crippen LogP contribution in [0.3, 0.4) is 0 Å². The molecular weight excluding hydrogens is 190 g/mol. The molecule has 0 rings (SSSR count). The molecule has 0 aliphatic rings. The molecule has 94 valence electrons. The minimum absolute atomic E-state index is 1.00. The Hall–Kier alpha value is 0.130. The third-order valence-electron chi connectivity index (χ3n) is 3.87. The lowest BCUT2D eigenvalue weighted by atomic mass is 9.43. The van der Waals surface area contributed by atoms with Gasteiger partial charge in [0.15, 0.2) is 0 Å². The minimum atomic E-state index is 1.00. The first-order valence-corrected chi connectivity index (χ1v) is 7.85. The van der Waals surface area contributed by atoms with E-state index in [0.29, 0.717) is 0 Å². The second kappa shape index (κ2) is 13.2. The number of hydrogen-bond donors (Lipinski definition) is 0. The summed E-state index contributed by atoms with van der Waals surface area (Å²) in [5.41, 5.74) is 0. The Morgan fingerprint density at radius 1 is 0.688 bits per heavy atom. The molecule has 0 heterocycles. The maximum Gasteiger partial charge on any atom is 0.139 e. The molecule has 2 heteroatoms. The zero-order valence-corrected chi connectivity index (χ0v) is 12.1. The molecule has 0 aromatic carbocycles. The lowest BCUT2D eigenvalue weighted by Crippen LogP contribution is -2.07. The molecule has 0 aromatic rings. The van der Waals surface area contributed by atoms with Crippen molar-refractivity contribution >= 4 is 14.6 Å². The van der Waals surface area contributed by atoms with Crippen LogP contribution in [-0.2, 0) is 0 Å². The SMILES string of the molecule is BCCCCCCCCCCB(CC)CC. The van der Waals surface area contributed by atoms with Crippen molar-refractivity contribution in [3.63, 3.8) is 0 Å². The van der Waals surface area contributed by atoms with Crippen molar-refractivity contribution < 1.29 is 0 Å². The molecule has 0 radical (unpaired) electrons. The van der Waals surface area contributed by atoms with E-state index in [4.69, 9.17) is 0 Å². The summed E-state index contributed by atoms with van der Waals surface area (Å²) in [7, 11) is 2.29. The van der Waals surface area contributed by atoms with Crippen LogP contribution in [0.15, 0.2) is 0 Å². The van der Waals surface area contributed by atoms with E-state index in [1.54, 1.807) is 0 Å². The molecule has 0 aromatic heterocycles. The van der Waals surface area contributed by atoms with Crippen molar-refractivity contribution in [2.24, 2.45) is 0 Å². The van der Waals surface area contributed by atoms with E-state index in [2.05, 4.69) is 21.7 Å². The van der Waals surface area contributed by atoms with Gasteiger partial charge in [0.2, 0.25) is 0 Å². The van der Waals surface area contributed by atoms with Gasteiger partial charge in [-0.1, -0.05) is 90.5 Å². The summed E-state index contributed by atoms with van der Waals surface area (Å²) in [5.74, 6) is 0. The average molecular weight is 222 g/mol. The Morgan fingerprint density at radius 3 is 1.56 bits per heavy atom. The minimum Gasteiger partial charge on any atom is -0.0811 e. The molecule has 0 spiro atoms. The molecule has 0 saturated carbocycles. The summed E-state index contributed by atoms with van der Waals surface area (Å²) < 4.78 is 0. The summed E-state index contributed by atoms with van der Waals surface area (Å²) in [4.78, 5) is 0. The molecule has 0 aliphatic carbocycles. The Labute approximate surface area is 105 Å². The van der Waals surface area contributed by atoms with Gasteiger partial charge in [0.05, 0.1) is 0 Å². The van der Waals surface area contributed by atoms with Crippen molar-refractivity contribution in [1.82, 2.24) is 0 Å². The molecule has 16 heavy (non-hydrogen) atoms. The summed E-state index contributed by atoms with van der Waals surface area (Å²) in [6.45, 7) is 5.67. The zero-order chi connectivity index (χ0) is 12.1. The summed E-state index contributed by atoms with van der Waals surface area (Å²) in [5, 5.41) is 0. The Bertz CT molecular complexity index is 122. The fourth-order valence-electron chi connectivity index (χ4n) is 2.44. The first kappa shape index (κ1) is 16.1. The standard InChI is InChI=1S/C14H32B2/c1-3-16(4-2)14-12-10-8-6-5-7-9-11-13-15/h3-15H2,1-2H3.